The zero-order valence-corrected chi connectivity index (χ0v) is 8.41. The molecule has 1 aromatic heterocycles. The van der Waals surface area contributed by atoms with Crippen molar-refractivity contribution in [3.05, 3.63) is 29.8 Å². The highest BCUT2D eigenvalue weighted by molar-refractivity contribution is 5.16. The highest BCUT2D eigenvalue weighted by atomic mass is 19.1. The molecule has 1 saturated heterocycles. The normalized spacial score (nSPS) is 22.9. The van der Waals surface area contributed by atoms with Crippen molar-refractivity contribution in [3.8, 4) is 0 Å². The summed E-state index contributed by atoms with van der Waals surface area (Å²) in [4.78, 5) is 6.27. The predicted octanol–water partition coefficient (Wildman–Crippen LogP) is 2.38. The summed E-state index contributed by atoms with van der Waals surface area (Å²) >= 11 is 0. The van der Waals surface area contributed by atoms with Gasteiger partial charge >= 0.3 is 0 Å². The van der Waals surface area contributed by atoms with Crippen molar-refractivity contribution in [3.63, 3.8) is 0 Å². The Morgan fingerprint density at radius 3 is 3.14 bits per heavy atom. The second-order valence-corrected chi connectivity index (χ2v) is 3.72. The first kappa shape index (κ1) is 9.59. The molecular weight excluding hydrogens is 179 g/mol. The Labute approximate surface area is 83.8 Å². The van der Waals surface area contributed by atoms with Gasteiger partial charge in [-0.15, -0.1) is 0 Å². The molecule has 0 bridgehead atoms. The molecule has 1 atom stereocenters. The van der Waals surface area contributed by atoms with E-state index < -0.39 is 0 Å². The fourth-order valence-corrected chi connectivity index (χ4v) is 2.19. The van der Waals surface area contributed by atoms with Crippen LogP contribution in [0.25, 0.3) is 0 Å². The Kier molecular flexibility index (Phi) is 2.77. The molecule has 0 spiro atoms. The molecule has 1 fully saturated rings. The van der Waals surface area contributed by atoms with Gasteiger partial charge in [-0.05, 0) is 37.6 Å². The van der Waals surface area contributed by atoms with Gasteiger partial charge in [0.05, 0.1) is 6.20 Å². The Balaban J connectivity index is 2.21. The number of likely N-dealkylation sites (tertiary alicyclic amines) is 1. The second kappa shape index (κ2) is 4.05. The van der Waals surface area contributed by atoms with Gasteiger partial charge in [-0.3, -0.25) is 9.88 Å². The number of halogens is 1. The molecular formula is C11H15FN2. The van der Waals surface area contributed by atoms with E-state index in [-0.39, 0.29) is 5.82 Å². The van der Waals surface area contributed by atoms with Gasteiger partial charge in [0.25, 0.3) is 0 Å². The second-order valence-electron chi connectivity index (χ2n) is 3.72. The van der Waals surface area contributed by atoms with Gasteiger partial charge < -0.3 is 0 Å². The minimum Gasteiger partial charge on any atom is -0.297 e. The number of pyridine rings is 1. The van der Waals surface area contributed by atoms with Crippen LogP contribution in [-0.4, -0.2) is 23.0 Å². The largest absolute Gasteiger partial charge is 0.297 e. The van der Waals surface area contributed by atoms with Gasteiger partial charge in [0.2, 0.25) is 0 Å². The van der Waals surface area contributed by atoms with Crippen LogP contribution in [0.2, 0.25) is 0 Å². The van der Waals surface area contributed by atoms with E-state index in [1.54, 1.807) is 12.3 Å². The molecule has 1 unspecified atom stereocenters. The summed E-state index contributed by atoms with van der Waals surface area (Å²) in [6, 6.07) is 1.98. The smallest absolute Gasteiger partial charge is 0.141 e. The highest BCUT2D eigenvalue weighted by Crippen LogP contribution is 2.30. The third-order valence-corrected chi connectivity index (χ3v) is 2.88. The zero-order chi connectivity index (χ0) is 9.97. The topological polar surface area (TPSA) is 16.1 Å². The maximum atomic E-state index is 13.0. The van der Waals surface area contributed by atoms with E-state index in [0.29, 0.717) is 6.04 Å². The van der Waals surface area contributed by atoms with Crippen LogP contribution < -0.4 is 0 Å². The van der Waals surface area contributed by atoms with E-state index in [1.807, 2.05) is 0 Å². The lowest BCUT2D eigenvalue weighted by molar-refractivity contribution is 0.270. The SMILES string of the molecule is CCN1CCCC1c1cncc(F)c1. The standard InChI is InChI=1S/C11H15FN2/c1-2-14-5-3-4-11(14)9-6-10(12)8-13-7-9/h6-8,11H,2-5H2,1H3. The summed E-state index contributed by atoms with van der Waals surface area (Å²) in [5, 5.41) is 0. The van der Waals surface area contributed by atoms with Gasteiger partial charge in [0.15, 0.2) is 0 Å². The maximum Gasteiger partial charge on any atom is 0.141 e. The lowest BCUT2D eigenvalue weighted by Crippen LogP contribution is -2.22. The average Bonchev–Trinajstić information content (AvgIpc) is 2.65. The fourth-order valence-electron chi connectivity index (χ4n) is 2.19. The van der Waals surface area contributed by atoms with Crippen LogP contribution in [0, 0.1) is 5.82 Å². The monoisotopic (exact) mass is 194 g/mol. The van der Waals surface area contributed by atoms with E-state index in [0.717, 1.165) is 25.1 Å². The van der Waals surface area contributed by atoms with Crippen molar-refractivity contribution in [2.24, 2.45) is 0 Å². The van der Waals surface area contributed by atoms with Crippen LogP contribution in [0.4, 0.5) is 4.39 Å². The molecule has 0 aliphatic carbocycles. The lowest BCUT2D eigenvalue weighted by atomic mass is 10.1. The first-order valence-electron chi connectivity index (χ1n) is 5.15. The van der Waals surface area contributed by atoms with Crippen LogP contribution >= 0.6 is 0 Å². The van der Waals surface area contributed by atoms with Crippen molar-refractivity contribution in [2.45, 2.75) is 25.8 Å². The van der Waals surface area contributed by atoms with E-state index >= 15 is 0 Å². The molecule has 2 nitrogen and oxygen atoms in total. The van der Waals surface area contributed by atoms with E-state index in [2.05, 4.69) is 16.8 Å². The van der Waals surface area contributed by atoms with Gasteiger partial charge in [-0.1, -0.05) is 6.92 Å². The predicted molar refractivity (Wildman–Crippen MR) is 53.4 cm³/mol. The number of hydrogen-bond acceptors (Lipinski definition) is 2. The summed E-state index contributed by atoms with van der Waals surface area (Å²) < 4.78 is 13.0. The average molecular weight is 194 g/mol. The van der Waals surface area contributed by atoms with Crippen molar-refractivity contribution in [1.29, 1.82) is 0 Å². The van der Waals surface area contributed by atoms with Crippen molar-refractivity contribution >= 4 is 0 Å². The quantitative estimate of drug-likeness (QED) is 0.718. The lowest BCUT2D eigenvalue weighted by Gasteiger charge is -2.22. The zero-order valence-electron chi connectivity index (χ0n) is 8.41. The van der Waals surface area contributed by atoms with Crippen LogP contribution in [0.15, 0.2) is 18.5 Å². The van der Waals surface area contributed by atoms with Crippen LogP contribution in [0.3, 0.4) is 0 Å². The van der Waals surface area contributed by atoms with Crippen LogP contribution in [0.1, 0.15) is 31.4 Å². The Bertz CT molecular complexity index is 314. The first-order chi connectivity index (χ1) is 6.81. The molecule has 0 aromatic carbocycles. The summed E-state index contributed by atoms with van der Waals surface area (Å²) in [6.45, 7) is 4.30. The number of aromatic nitrogens is 1. The van der Waals surface area contributed by atoms with Crippen molar-refractivity contribution in [2.75, 3.05) is 13.1 Å². The highest BCUT2D eigenvalue weighted by Gasteiger charge is 2.24. The summed E-state index contributed by atoms with van der Waals surface area (Å²) in [5.41, 5.74) is 1.02. The molecule has 2 heterocycles. The molecule has 1 aliphatic heterocycles. The number of nitrogens with zero attached hydrogens (tertiary/aromatic N) is 2. The molecule has 3 heteroatoms. The molecule has 0 saturated carbocycles. The Morgan fingerprint density at radius 2 is 2.43 bits per heavy atom. The Morgan fingerprint density at radius 1 is 1.57 bits per heavy atom. The molecule has 76 valence electrons. The molecule has 2 rings (SSSR count). The van der Waals surface area contributed by atoms with Gasteiger partial charge in [0, 0.05) is 12.2 Å². The number of hydrogen-bond donors (Lipinski definition) is 0. The Hall–Kier alpha value is -0.960. The molecule has 1 aliphatic rings. The molecule has 0 radical (unpaired) electrons. The minimum atomic E-state index is -0.231. The number of rotatable bonds is 2. The summed E-state index contributed by atoms with van der Waals surface area (Å²) in [7, 11) is 0. The first-order valence-corrected chi connectivity index (χ1v) is 5.15. The van der Waals surface area contributed by atoms with Crippen LogP contribution in [-0.2, 0) is 0 Å². The van der Waals surface area contributed by atoms with Crippen molar-refractivity contribution in [1.82, 2.24) is 9.88 Å². The van der Waals surface area contributed by atoms with E-state index in [9.17, 15) is 4.39 Å². The molecule has 14 heavy (non-hydrogen) atoms. The summed E-state index contributed by atoms with van der Waals surface area (Å²) in [6.07, 6.45) is 5.37. The molecule has 0 amide bonds. The van der Waals surface area contributed by atoms with Crippen molar-refractivity contribution < 1.29 is 4.39 Å². The van der Waals surface area contributed by atoms with E-state index in [1.165, 1.54) is 12.6 Å². The molecule has 0 N–H and O–H groups in total. The van der Waals surface area contributed by atoms with Gasteiger partial charge in [-0.25, -0.2) is 4.39 Å². The third-order valence-electron chi connectivity index (χ3n) is 2.88. The summed E-state index contributed by atoms with van der Waals surface area (Å²) in [5.74, 6) is -0.231. The fraction of sp³-hybridized carbons (Fsp3) is 0.545. The van der Waals surface area contributed by atoms with Crippen LogP contribution in [0.5, 0.6) is 0 Å². The minimum absolute atomic E-state index is 0.231. The van der Waals surface area contributed by atoms with E-state index in [4.69, 9.17) is 0 Å². The third kappa shape index (κ3) is 1.77. The van der Waals surface area contributed by atoms with Gasteiger partial charge in [0.1, 0.15) is 5.82 Å². The molecule has 1 aromatic rings. The van der Waals surface area contributed by atoms with Gasteiger partial charge in [-0.2, -0.15) is 0 Å². The maximum absolute atomic E-state index is 13.0.